The van der Waals surface area contributed by atoms with E-state index in [-0.39, 0.29) is 23.6 Å². The average Bonchev–Trinajstić information content (AvgIpc) is 2.45. The van der Waals surface area contributed by atoms with E-state index in [1.165, 1.54) is 24.3 Å². The normalized spacial score (nSPS) is 9.80. The predicted octanol–water partition coefficient (Wildman–Crippen LogP) is 2.37. The largest absolute Gasteiger partial charge is 0.486 e. The second kappa shape index (κ2) is 5.80. The van der Waals surface area contributed by atoms with Crippen molar-refractivity contribution in [3.05, 3.63) is 59.2 Å². The van der Waals surface area contributed by atoms with E-state index in [2.05, 4.69) is 4.98 Å². The third-order valence-electron chi connectivity index (χ3n) is 2.49. The summed E-state index contributed by atoms with van der Waals surface area (Å²) in [6.45, 7) is -0.0563. The lowest BCUT2D eigenvalue weighted by molar-refractivity contribution is 0.0690. The highest BCUT2D eigenvalue weighted by molar-refractivity contribution is 5.85. The van der Waals surface area contributed by atoms with Crippen molar-refractivity contribution in [3.63, 3.8) is 0 Å². The highest BCUT2D eigenvalue weighted by Gasteiger charge is 2.10. The third kappa shape index (κ3) is 2.90. The van der Waals surface area contributed by atoms with Crippen molar-refractivity contribution < 1.29 is 19.0 Å². The topological polar surface area (TPSA) is 83.2 Å². The van der Waals surface area contributed by atoms with Gasteiger partial charge in [0.1, 0.15) is 35.5 Å². The lowest BCUT2D eigenvalue weighted by atomic mass is 10.2. The number of rotatable bonds is 4. The molecule has 100 valence electrons. The summed E-state index contributed by atoms with van der Waals surface area (Å²) in [4.78, 5) is 14.6. The van der Waals surface area contributed by atoms with Gasteiger partial charge in [-0.05, 0) is 24.3 Å². The Hall–Kier alpha value is -2.94. The molecule has 0 unspecified atom stereocenters. The number of benzene rings is 1. The Kier molecular flexibility index (Phi) is 3.91. The fourth-order valence-corrected chi connectivity index (χ4v) is 1.56. The first-order chi connectivity index (χ1) is 9.61. The maximum Gasteiger partial charge on any atom is 0.354 e. The molecule has 0 amide bonds. The fraction of sp³-hybridized carbons (Fsp3) is 0.0714. The van der Waals surface area contributed by atoms with Gasteiger partial charge in [-0.15, -0.1) is 0 Å². The van der Waals surface area contributed by atoms with E-state index in [0.29, 0.717) is 5.69 Å². The van der Waals surface area contributed by atoms with Gasteiger partial charge in [0, 0.05) is 0 Å². The van der Waals surface area contributed by atoms with Gasteiger partial charge >= 0.3 is 5.97 Å². The molecule has 0 bridgehead atoms. The highest BCUT2D eigenvalue weighted by Crippen LogP contribution is 2.21. The zero-order chi connectivity index (χ0) is 14.5. The molecule has 2 aromatic rings. The number of pyridine rings is 1. The monoisotopic (exact) mass is 272 g/mol. The van der Waals surface area contributed by atoms with Crippen LogP contribution >= 0.6 is 0 Å². The van der Waals surface area contributed by atoms with Crippen LogP contribution in [-0.4, -0.2) is 16.1 Å². The zero-order valence-electron chi connectivity index (χ0n) is 10.2. The number of aromatic nitrogens is 1. The van der Waals surface area contributed by atoms with E-state index < -0.39 is 11.8 Å². The lowest BCUT2D eigenvalue weighted by Gasteiger charge is -2.08. The first-order valence-corrected chi connectivity index (χ1v) is 5.62. The van der Waals surface area contributed by atoms with E-state index in [1.54, 1.807) is 12.1 Å². The van der Waals surface area contributed by atoms with Crippen molar-refractivity contribution in [2.45, 2.75) is 6.61 Å². The second-order valence-corrected chi connectivity index (χ2v) is 3.83. The number of carboxylic acid groups (broad SMARTS) is 1. The summed E-state index contributed by atoms with van der Waals surface area (Å²) < 4.78 is 18.7. The van der Waals surface area contributed by atoms with Crippen LogP contribution < -0.4 is 4.74 Å². The van der Waals surface area contributed by atoms with Gasteiger partial charge in [-0.3, -0.25) is 0 Å². The molecule has 0 saturated heterocycles. The van der Waals surface area contributed by atoms with Crippen LogP contribution in [0.15, 0.2) is 36.4 Å². The van der Waals surface area contributed by atoms with E-state index in [4.69, 9.17) is 15.1 Å². The van der Waals surface area contributed by atoms with E-state index >= 15 is 0 Å². The minimum Gasteiger partial charge on any atom is -0.486 e. The van der Waals surface area contributed by atoms with Crippen molar-refractivity contribution in [1.82, 2.24) is 4.98 Å². The Morgan fingerprint density at radius 2 is 2.10 bits per heavy atom. The summed E-state index contributed by atoms with van der Waals surface area (Å²) in [5.74, 6) is -1.72. The number of aromatic carboxylic acids is 1. The summed E-state index contributed by atoms with van der Waals surface area (Å²) in [5, 5.41) is 17.7. The molecule has 0 saturated carbocycles. The van der Waals surface area contributed by atoms with E-state index in [0.717, 1.165) is 6.07 Å². The highest BCUT2D eigenvalue weighted by atomic mass is 19.1. The van der Waals surface area contributed by atoms with E-state index in [9.17, 15) is 9.18 Å². The van der Waals surface area contributed by atoms with Crippen molar-refractivity contribution in [2.24, 2.45) is 0 Å². The van der Waals surface area contributed by atoms with Crippen molar-refractivity contribution >= 4 is 5.97 Å². The van der Waals surface area contributed by atoms with Gasteiger partial charge in [0.2, 0.25) is 0 Å². The first-order valence-electron chi connectivity index (χ1n) is 5.62. The SMILES string of the molecule is N#Cc1c(F)cccc1OCc1cccc(C(=O)O)n1. The molecule has 6 heteroatoms. The molecule has 20 heavy (non-hydrogen) atoms. The summed E-state index contributed by atoms with van der Waals surface area (Å²) in [5.41, 5.74) is 0.0748. The van der Waals surface area contributed by atoms with Gasteiger partial charge in [-0.1, -0.05) is 12.1 Å². The number of halogens is 1. The maximum absolute atomic E-state index is 13.4. The molecule has 1 N–H and O–H groups in total. The van der Waals surface area contributed by atoms with Crippen LogP contribution in [0.1, 0.15) is 21.7 Å². The molecule has 1 aromatic carbocycles. The Bertz CT molecular complexity index is 695. The molecular formula is C14H9FN2O3. The fourth-order valence-electron chi connectivity index (χ4n) is 1.56. The smallest absolute Gasteiger partial charge is 0.354 e. The third-order valence-corrected chi connectivity index (χ3v) is 2.49. The second-order valence-electron chi connectivity index (χ2n) is 3.83. The van der Waals surface area contributed by atoms with Crippen LogP contribution in [0.25, 0.3) is 0 Å². The number of carbonyl (C=O) groups is 1. The van der Waals surface area contributed by atoms with Crippen LogP contribution in [0.5, 0.6) is 5.75 Å². The van der Waals surface area contributed by atoms with Crippen LogP contribution in [0.3, 0.4) is 0 Å². The minimum atomic E-state index is -1.14. The Morgan fingerprint density at radius 3 is 2.80 bits per heavy atom. The van der Waals surface area contributed by atoms with Gasteiger partial charge in [0.15, 0.2) is 0 Å². The molecule has 1 aromatic heterocycles. The van der Waals surface area contributed by atoms with Gasteiger partial charge in [-0.25, -0.2) is 14.2 Å². The molecule has 0 atom stereocenters. The minimum absolute atomic E-state index is 0.0563. The number of hydrogen-bond acceptors (Lipinski definition) is 4. The average molecular weight is 272 g/mol. The van der Waals surface area contributed by atoms with E-state index in [1.807, 2.05) is 0 Å². The molecule has 0 fully saturated rings. The van der Waals surface area contributed by atoms with Crippen molar-refractivity contribution in [1.29, 1.82) is 5.26 Å². The molecule has 0 radical (unpaired) electrons. The van der Waals surface area contributed by atoms with Gasteiger partial charge in [0.05, 0.1) is 5.69 Å². The molecule has 0 aliphatic rings. The zero-order valence-corrected chi connectivity index (χ0v) is 10.2. The van der Waals surface area contributed by atoms with Gasteiger partial charge < -0.3 is 9.84 Å². The van der Waals surface area contributed by atoms with Crippen molar-refractivity contribution in [3.8, 4) is 11.8 Å². The molecule has 0 aliphatic carbocycles. The first kappa shape index (κ1) is 13.5. The number of nitrogens with zero attached hydrogens (tertiary/aromatic N) is 2. The predicted molar refractivity (Wildman–Crippen MR) is 66.6 cm³/mol. The summed E-state index contributed by atoms with van der Waals surface area (Å²) >= 11 is 0. The van der Waals surface area contributed by atoms with Crippen molar-refractivity contribution in [2.75, 3.05) is 0 Å². The Labute approximate surface area is 113 Å². The van der Waals surface area contributed by atoms with Gasteiger partial charge in [0.25, 0.3) is 0 Å². The lowest BCUT2D eigenvalue weighted by Crippen LogP contribution is -2.05. The molecule has 2 rings (SSSR count). The number of carboxylic acids is 1. The Morgan fingerprint density at radius 1 is 1.35 bits per heavy atom. The van der Waals surface area contributed by atoms with Crippen LogP contribution in [0, 0.1) is 17.1 Å². The Balaban J connectivity index is 2.17. The van der Waals surface area contributed by atoms with Crippen LogP contribution in [0.2, 0.25) is 0 Å². The number of hydrogen-bond donors (Lipinski definition) is 1. The van der Waals surface area contributed by atoms with Crippen LogP contribution in [0.4, 0.5) is 4.39 Å². The molecule has 1 heterocycles. The van der Waals surface area contributed by atoms with Gasteiger partial charge in [-0.2, -0.15) is 5.26 Å². The summed E-state index contributed by atoms with van der Waals surface area (Å²) in [7, 11) is 0. The standard InChI is InChI=1S/C14H9FN2O3/c15-11-4-2-6-13(10(11)7-16)20-8-9-3-1-5-12(17-9)14(18)19/h1-6H,8H2,(H,18,19). The van der Waals surface area contributed by atoms with Crippen LogP contribution in [-0.2, 0) is 6.61 Å². The number of ether oxygens (including phenoxy) is 1. The number of nitriles is 1. The molecule has 5 nitrogen and oxygen atoms in total. The molecule has 0 spiro atoms. The summed E-state index contributed by atoms with van der Waals surface area (Å²) in [6.07, 6.45) is 0. The maximum atomic E-state index is 13.4. The summed E-state index contributed by atoms with van der Waals surface area (Å²) in [6, 6.07) is 10.2. The molecule has 0 aliphatic heterocycles. The quantitative estimate of drug-likeness (QED) is 0.923. The molecular weight excluding hydrogens is 263 g/mol.